The monoisotopic (exact) mass is 277 g/mol. The molecule has 2 N–H and O–H groups in total. The molecular weight excluding hydrogens is 254 g/mol. The zero-order valence-corrected chi connectivity index (χ0v) is 11.8. The van der Waals surface area contributed by atoms with Crippen LogP contribution in [0.5, 0.6) is 0 Å². The van der Waals surface area contributed by atoms with E-state index in [0.29, 0.717) is 18.4 Å². The smallest absolute Gasteiger partial charge is 0.226 e. The molecule has 2 fully saturated rings. The molecule has 1 unspecified atom stereocenters. The molecule has 110 valence electrons. The number of aromatic nitrogens is 3. The number of likely N-dealkylation sites (tertiary alicyclic amines) is 1. The van der Waals surface area contributed by atoms with Gasteiger partial charge < -0.3 is 10.6 Å². The third-order valence-electron chi connectivity index (χ3n) is 4.80. The van der Waals surface area contributed by atoms with Crippen molar-refractivity contribution in [2.45, 2.75) is 38.1 Å². The van der Waals surface area contributed by atoms with Gasteiger partial charge in [-0.3, -0.25) is 4.79 Å². The molecule has 0 radical (unpaired) electrons. The Bertz CT molecular complexity index is 446. The van der Waals surface area contributed by atoms with Crippen LogP contribution in [0.1, 0.15) is 38.1 Å². The van der Waals surface area contributed by atoms with Crippen LogP contribution in [0.4, 0.5) is 0 Å². The lowest BCUT2D eigenvalue weighted by molar-refractivity contribution is -0.138. The molecule has 0 spiro atoms. The van der Waals surface area contributed by atoms with Crippen LogP contribution in [0.2, 0.25) is 0 Å². The van der Waals surface area contributed by atoms with Crippen molar-refractivity contribution < 1.29 is 4.79 Å². The predicted octanol–water partition coefficient (Wildman–Crippen LogP) is 0.817. The van der Waals surface area contributed by atoms with Crippen LogP contribution >= 0.6 is 0 Å². The molecule has 0 bridgehead atoms. The first-order valence-electron chi connectivity index (χ1n) is 7.62. The summed E-state index contributed by atoms with van der Waals surface area (Å²) in [5.41, 5.74) is 5.80. The number of hydrogen-bond donors (Lipinski definition) is 1. The van der Waals surface area contributed by atoms with Gasteiger partial charge in [0.25, 0.3) is 0 Å². The van der Waals surface area contributed by atoms with E-state index in [2.05, 4.69) is 10.1 Å². The highest BCUT2D eigenvalue weighted by molar-refractivity contribution is 5.79. The molecular formula is C14H23N5O. The maximum atomic E-state index is 12.7. The molecule has 2 aliphatic rings. The van der Waals surface area contributed by atoms with E-state index in [1.54, 1.807) is 12.7 Å². The summed E-state index contributed by atoms with van der Waals surface area (Å²) in [7, 11) is 0. The molecule has 3 rings (SSSR count). The van der Waals surface area contributed by atoms with Crippen LogP contribution in [0, 0.1) is 11.8 Å². The van der Waals surface area contributed by atoms with E-state index >= 15 is 0 Å². The number of piperidine rings is 1. The Morgan fingerprint density at radius 2 is 2.20 bits per heavy atom. The molecule has 3 atom stereocenters. The Morgan fingerprint density at radius 1 is 1.30 bits per heavy atom. The van der Waals surface area contributed by atoms with Crippen LogP contribution < -0.4 is 5.73 Å². The lowest BCUT2D eigenvalue weighted by Crippen LogP contribution is -2.45. The van der Waals surface area contributed by atoms with Crippen molar-refractivity contribution in [2.75, 3.05) is 19.6 Å². The van der Waals surface area contributed by atoms with Gasteiger partial charge in [-0.15, -0.1) is 0 Å². The summed E-state index contributed by atoms with van der Waals surface area (Å²) < 4.78 is 1.88. The summed E-state index contributed by atoms with van der Waals surface area (Å²) in [6.45, 7) is 2.27. The average molecular weight is 277 g/mol. The number of amides is 1. The summed E-state index contributed by atoms with van der Waals surface area (Å²) >= 11 is 0. The number of carbonyl (C=O) groups is 1. The van der Waals surface area contributed by atoms with Crippen LogP contribution in [0.25, 0.3) is 0 Å². The molecule has 0 aromatic carbocycles. The van der Waals surface area contributed by atoms with Crippen molar-refractivity contribution in [2.24, 2.45) is 17.6 Å². The lowest BCUT2D eigenvalue weighted by atomic mass is 9.93. The molecule has 1 aromatic rings. The quantitative estimate of drug-likeness (QED) is 0.887. The molecule has 1 saturated carbocycles. The van der Waals surface area contributed by atoms with Gasteiger partial charge in [0.2, 0.25) is 5.91 Å². The number of carbonyl (C=O) groups excluding carboxylic acids is 1. The van der Waals surface area contributed by atoms with E-state index in [9.17, 15) is 4.79 Å². The van der Waals surface area contributed by atoms with Crippen molar-refractivity contribution in [1.29, 1.82) is 0 Å². The Morgan fingerprint density at radius 3 is 2.95 bits per heavy atom. The maximum Gasteiger partial charge on any atom is 0.226 e. The van der Waals surface area contributed by atoms with Gasteiger partial charge >= 0.3 is 0 Å². The fourth-order valence-corrected chi connectivity index (χ4v) is 3.66. The van der Waals surface area contributed by atoms with Gasteiger partial charge in [-0.05, 0) is 38.1 Å². The third kappa shape index (κ3) is 2.57. The minimum absolute atomic E-state index is 0.148. The lowest BCUT2D eigenvalue weighted by Gasteiger charge is -2.35. The maximum absolute atomic E-state index is 12.7. The zero-order chi connectivity index (χ0) is 13.9. The molecule has 1 saturated heterocycles. The zero-order valence-electron chi connectivity index (χ0n) is 11.8. The molecule has 2 heterocycles. The summed E-state index contributed by atoms with van der Waals surface area (Å²) in [5.74, 6) is 0.839. The number of hydrogen-bond acceptors (Lipinski definition) is 4. The predicted molar refractivity (Wildman–Crippen MR) is 74.8 cm³/mol. The van der Waals surface area contributed by atoms with E-state index in [4.69, 9.17) is 5.73 Å². The Balaban J connectivity index is 1.66. The number of nitrogens with two attached hydrogens (primary N) is 1. The Kier molecular flexibility index (Phi) is 4.00. The topological polar surface area (TPSA) is 77.0 Å². The Hall–Kier alpha value is -1.43. The first kappa shape index (κ1) is 13.5. The highest BCUT2D eigenvalue weighted by Gasteiger charge is 2.36. The molecule has 6 heteroatoms. The van der Waals surface area contributed by atoms with Crippen molar-refractivity contribution in [3.05, 3.63) is 12.7 Å². The van der Waals surface area contributed by atoms with Gasteiger partial charge in [0, 0.05) is 19.0 Å². The standard InChI is InChI=1S/C14H23N5O/c15-7-11-3-1-5-13(11)14(20)18-6-2-4-12(8-18)19-10-16-9-17-19/h9-13H,1-8,15H2/t11-,12?,13-/m1/s1. The first-order valence-corrected chi connectivity index (χ1v) is 7.62. The average Bonchev–Trinajstić information content (AvgIpc) is 3.17. The van der Waals surface area contributed by atoms with E-state index < -0.39 is 0 Å². The van der Waals surface area contributed by atoms with Gasteiger partial charge in [-0.2, -0.15) is 5.10 Å². The highest BCUT2D eigenvalue weighted by atomic mass is 16.2. The van der Waals surface area contributed by atoms with Gasteiger partial charge in [0.05, 0.1) is 6.04 Å². The van der Waals surface area contributed by atoms with Crippen LogP contribution in [0.3, 0.4) is 0 Å². The molecule has 1 amide bonds. The number of nitrogens with zero attached hydrogens (tertiary/aromatic N) is 4. The van der Waals surface area contributed by atoms with Crippen molar-refractivity contribution in [1.82, 2.24) is 19.7 Å². The summed E-state index contributed by atoms with van der Waals surface area (Å²) in [4.78, 5) is 18.7. The second-order valence-electron chi connectivity index (χ2n) is 5.99. The van der Waals surface area contributed by atoms with E-state index in [0.717, 1.165) is 45.2 Å². The van der Waals surface area contributed by atoms with Gasteiger partial charge in [-0.1, -0.05) is 6.42 Å². The molecule has 1 aliphatic heterocycles. The molecule has 1 aromatic heterocycles. The normalized spacial score (nSPS) is 30.6. The highest BCUT2D eigenvalue weighted by Crippen LogP contribution is 2.33. The summed E-state index contributed by atoms with van der Waals surface area (Å²) in [5, 5.41) is 4.21. The summed E-state index contributed by atoms with van der Waals surface area (Å²) in [6, 6.07) is 0.271. The van der Waals surface area contributed by atoms with Crippen LogP contribution in [-0.4, -0.2) is 45.2 Å². The van der Waals surface area contributed by atoms with Crippen LogP contribution in [0.15, 0.2) is 12.7 Å². The van der Waals surface area contributed by atoms with Gasteiger partial charge in [-0.25, -0.2) is 9.67 Å². The second-order valence-corrected chi connectivity index (χ2v) is 5.99. The van der Waals surface area contributed by atoms with Gasteiger partial charge in [0.1, 0.15) is 12.7 Å². The van der Waals surface area contributed by atoms with E-state index in [-0.39, 0.29) is 12.0 Å². The van der Waals surface area contributed by atoms with Crippen molar-refractivity contribution in [3.63, 3.8) is 0 Å². The van der Waals surface area contributed by atoms with Crippen molar-refractivity contribution in [3.8, 4) is 0 Å². The minimum atomic E-state index is 0.148. The molecule has 6 nitrogen and oxygen atoms in total. The fraction of sp³-hybridized carbons (Fsp3) is 0.786. The fourth-order valence-electron chi connectivity index (χ4n) is 3.66. The van der Waals surface area contributed by atoms with Crippen LogP contribution in [-0.2, 0) is 4.79 Å². The van der Waals surface area contributed by atoms with E-state index in [1.807, 2.05) is 9.58 Å². The first-order chi connectivity index (χ1) is 9.79. The Labute approximate surface area is 119 Å². The van der Waals surface area contributed by atoms with Crippen molar-refractivity contribution >= 4 is 5.91 Å². The minimum Gasteiger partial charge on any atom is -0.340 e. The van der Waals surface area contributed by atoms with Gasteiger partial charge in [0.15, 0.2) is 0 Å². The SMILES string of the molecule is NC[C@H]1CCC[C@H]1C(=O)N1CCCC(n2cncn2)C1. The summed E-state index contributed by atoms with van der Waals surface area (Å²) in [6.07, 6.45) is 8.66. The largest absolute Gasteiger partial charge is 0.340 e. The molecule has 1 aliphatic carbocycles. The number of rotatable bonds is 3. The molecule has 20 heavy (non-hydrogen) atoms. The van der Waals surface area contributed by atoms with E-state index in [1.165, 1.54) is 0 Å². The third-order valence-corrected chi connectivity index (χ3v) is 4.80. The second kappa shape index (κ2) is 5.91.